The molecule has 0 radical (unpaired) electrons. The smallest absolute Gasteiger partial charge is 0.286 e. The quantitative estimate of drug-likeness (QED) is 0.673. The maximum absolute atomic E-state index is 14.5. The van der Waals surface area contributed by atoms with Gasteiger partial charge in [-0.2, -0.15) is 0 Å². The highest BCUT2D eigenvalue weighted by molar-refractivity contribution is 7.90. The molecule has 1 atom stereocenters. The van der Waals surface area contributed by atoms with E-state index in [4.69, 9.17) is 0 Å². The van der Waals surface area contributed by atoms with Crippen molar-refractivity contribution >= 4 is 16.0 Å². The number of rotatable bonds is 7. The second kappa shape index (κ2) is 8.86. The average molecular weight is 468 g/mol. The van der Waals surface area contributed by atoms with E-state index in [0.717, 1.165) is 25.1 Å². The van der Waals surface area contributed by atoms with Crippen molar-refractivity contribution in [2.75, 3.05) is 18.4 Å². The molecule has 2 aromatic rings. The zero-order chi connectivity index (χ0) is 23.0. The van der Waals surface area contributed by atoms with Crippen molar-refractivity contribution in [1.29, 1.82) is 0 Å². The van der Waals surface area contributed by atoms with Crippen LogP contribution < -0.4 is 10.9 Å². The molecule has 1 aliphatic heterocycles. The third-order valence-electron chi connectivity index (χ3n) is 6.18. The Labute approximate surface area is 185 Å². The Morgan fingerprint density at radius 2 is 1.88 bits per heavy atom. The molecule has 4 rings (SSSR count). The van der Waals surface area contributed by atoms with Crippen LogP contribution in [0.1, 0.15) is 52.0 Å². The highest BCUT2D eigenvalue weighted by Gasteiger charge is 2.41. The Bertz CT molecular complexity index is 1160. The van der Waals surface area contributed by atoms with Gasteiger partial charge in [-0.15, -0.1) is 0 Å². The Kier molecular flexibility index (Phi) is 6.30. The van der Waals surface area contributed by atoms with Crippen molar-refractivity contribution in [3.8, 4) is 11.3 Å². The minimum atomic E-state index is -3.19. The topological polar surface area (TPSA) is 97.2 Å². The van der Waals surface area contributed by atoms with E-state index in [9.17, 15) is 22.0 Å². The Balaban J connectivity index is 1.52. The SMILES string of the molecule is CCC(C)n1cc(-c2nc(NC3CCN(S(=O)(=O)C4CC4)CC3)ncc2F)cc(F)c1=O. The van der Waals surface area contributed by atoms with Gasteiger partial charge in [0.05, 0.1) is 11.4 Å². The summed E-state index contributed by atoms with van der Waals surface area (Å²) in [6.07, 6.45) is 5.65. The van der Waals surface area contributed by atoms with Gasteiger partial charge in [-0.1, -0.05) is 6.92 Å². The molecule has 0 aromatic carbocycles. The number of hydrogen-bond acceptors (Lipinski definition) is 6. The van der Waals surface area contributed by atoms with Gasteiger partial charge in [0.1, 0.15) is 5.69 Å². The van der Waals surface area contributed by atoms with E-state index in [0.29, 0.717) is 32.4 Å². The lowest BCUT2D eigenvalue weighted by atomic mass is 10.1. The first-order valence-electron chi connectivity index (χ1n) is 10.9. The summed E-state index contributed by atoms with van der Waals surface area (Å²) in [4.78, 5) is 20.3. The number of piperidine rings is 1. The Morgan fingerprint density at radius 3 is 2.50 bits per heavy atom. The highest BCUT2D eigenvalue weighted by atomic mass is 32.2. The molecule has 2 aromatic heterocycles. The number of nitrogens with one attached hydrogen (secondary N) is 1. The fourth-order valence-corrected chi connectivity index (χ4v) is 5.75. The van der Waals surface area contributed by atoms with Crippen LogP contribution >= 0.6 is 0 Å². The largest absolute Gasteiger partial charge is 0.351 e. The van der Waals surface area contributed by atoms with Gasteiger partial charge in [-0.3, -0.25) is 4.79 Å². The van der Waals surface area contributed by atoms with Gasteiger partial charge in [0.2, 0.25) is 16.0 Å². The lowest BCUT2D eigenvalue weighted by Crippen LogP contribution is -2.43. The molecule has 32 heavy (non-hydrogen) atoms. The van der Waals surface area contributed by atoms with Crippen LogP contribution in [-0.4, -0.2) is 51.6 Å². The van der Waals surface area contributed by atoms with Crippen LogP contribution in [0.4, 0.5) is 14.7 Å². The molecule has 2 fully saturated rings. The first-order valence-corrected chi connectivity index (χ1v) is 12.4. The fourth-order valence-electron chi connectivity index (χ4n) is 3.87. The van der Waals surface area contributed by atoms with Crippen LogP contribution in [0.3, 0.4) is 0 Å². The van der Waals surface area contributed by atoms with Gasteiger partial charge in [0.25, 0.3) is 5.56 Å². The van der Waals surface area contributed by atoms with Gasteiger partial charge in [0, 0.05) is 36.9 Å². The van der Waals surface area contributed by atoms with Gasteiger partial charge in [-0.05, 0) is 45.1 Å². The summed E-state index contributed by atoms with van der Waals surface area (Å²) in [7, 11) is -3.19. The zero-order valence-corrected chi connectivity index (χ0v) is 18.9. The molecule has 2 aliphatic rings. The highest BCUT2D eigenvalue weighted by Crippen LogP contribution is 2.32. The maximum atomic E-state index is 14.5. The number of aromatic nitrogens is 3. The number of hydrogen-bond donors (Lipinski definition) is 1. The molecule has 11 heteroatoms. The molecule has 1 unspecified atom stereocenters. The van der Waals surface area contributed by atoms with E-state index in [1.807, 2.05) is 6.92 Å². The van der Waals surface area contributed by atoms with Crippen molar-refractivity contribution in [1.82, 2.24) is 18.8 Å². The van der Waals surface area contributed by atoms with Gasteiger partial charge in [0.15, 0.2) is 11.6 Å². The monoisotopic (exact) mass is 467 g/mol. The van der Waals surface area contributed by atoms with Gasteiger partial charge >= 0.3 is 0 Å². The van der Waals surface area contributed by atoms with E-state index < -0.39 is 27.2 Å². The van der Waals surface area contributed by atoms with Crippen molar-refractivity contribution < 1.29 is 17.2 Å². The van der Waals surface area contributed by atoms with Crippen LogP contribution in [0.2, 0.25) is 0 Å². The number of sulfonamides is 1. The third-order valence-corrected chi connectivity index (χ3v) is 8.57. The van der Waals surface area contributed by atoms with Crippen LogP contribution in [0, 0.1) is 11.6 Å². The van der Waals surface area contributed by atoms with Crippen molar-refractivity contribution in [2.45, 2.75) is 63.3 Å². The summed E-state index contributed by atoms with van der Waals surface area (Å²) in [5.74, 6) is -1.53. The Morgan fingerprint density at radius 1 is 1.19 bits per heavy atom. The molecule has 0 bridgehead atoms. The number of halogens is 2. The molecule has 1 N–H and O–H groups in total. The van der Waals surface area contributed by atoms with Gasteiger partial charge < -0.3 is 9.88 Å². The molecular formula is C21H27F2N5O3S. The zero-order valence-electron chi connectivity index (χ0n) is 18.1. The summed E-state index contributed by atoms with van der Waals surface area (Å²) in [5, 5.41) is 2.91. The first-order chi connectivity index (χ1) is 15.2. The molecule has 174 valence electrons. The summed E-state index contributed by atoms with van der Waals surface area (Å²) in [5.41, 5.74) is -0.716. The van der Waals surface area contributed by atoms with E-state index in [1.54, 1.807) is 11.2 Å². The van der Waals surface area contributed by atoms with E-state index in [2.05, 4.69) is 15.3 Å². The summed E-state index contributed by atoms with van der Waals surface area (Å²) in [6.45, 7) is 4.48. The molecular weight excluding hydrogens is 440 g/mol. The van der Waals surface area contributed by atoms with E-state index >= 15 is 0 Å². The van der Waals surface area contributed by atoms with Crippen molar-refractivity contribution in [2.24, 2.45) is 0 Å². The van der Waals surface area contributed by atoms with Crippen LogP contribution in [0.15, 0.2) is 23.3 Å². The number of anilines is 1. The fraction of sp³-hybridized carbons (Fsp3) is 0.571. The van der Waals surface area contributed by atoms with E-state index in [-0.39, 0.29) is 34.5 Å². The predicted molar refractivity (Wildman–Crippen MR) is 117 cm³/mol. The third kappa shape index (κ3) is 4.54. The van der Waals surface area contributed by atoms with Crippen LogP contribution in [0.25, 0.3) is 11.3 Å². The Hall–Kier alpha value is -2.40. The van der Waals surface area contributed by atoms with Crippen LogP contribution in [0.5, 0.6) is 0 Å². The normalized spacial score (nSPS) is 19.1. The summed E-state index contributed by atoms with van der Waals surface area (Å²) >= 11 is 0. The minimum Gasteiger partial charge on any atom is -0.351 e. The summed E-state index contributed by atoms with van der Waals surface area (Å²) < 4.78 is 56.3. The maximum Gasteiger partial charge on any atom is 0.286 e. The number of nitrogens with zero attached hydrogens (tertiary/aromatic N) is 4. The van der Waals surface area contributed by atoms with Crippen LogP contribution in [-0.2, 0) is 10.0 Å². The molecule has 8 nitrogen and oxygen atoms in total. The van der Waals surface area contributed by atoms with Gasteiger partial charge in [-0.25, -0.2) is 31.5 Å². The van der Waals surface area contributed by atoms with E-state index in [1.165, 1.54) is 10.8 Å². The van der Waals surface area contributed by atoms with Crippen molar-refractivity contribution in [3.05, 3.63) is 40.4 Å². The second-order valence-corrected chi connectivity index (χ2v) is 10.7. The second-order valence-electron chi connectivity index (χ2n) is 8.50. The lowest BCUT2D eigenvalue weighted by molar-refractivity contribution is 0.328. The molecule has 0 amide bonds. The molecule has 0 spiro atoms. The average Bonchev–Trinajstić information content (AvgIpc) is 3.63. The molecule has 1 aliphatic carbocycles. The molecule has 1 saturated heterocycles. The standard InChI is InChI=1S/C21H27F2N5O3S/c1-3-13(2)28-12-14(10-17(22)20(28)29)19-18(23)11-24-21(26-19)25-15-6-8-27(9-7-15)32(30,31)16-4-5-16/h10-13,15-16H,3-9H2,1-2H3,(H,24,25,26). The van der Waals surface area contributed by atoms with Crippen molar-refractivity contribution in [3.63, 3.8) is 0 Å². The lowest BCUT2D eigenvalue weighted by Gasteiger charge is -2.31. The predicted octanol–water partition coefficient (Wildman–Crippen LogP) is 2.92. The molecule has 3 heterocycles. The molecule has 1 saturated carbocycles. The number of pyridine rings is 1. The summed E-state index contributed by atoms with van der Waals surface area (Å²) in [6, 6.07) is 0.666. The minimum absolute atomic E-state index is 0.0650. The first kappa shape index (κ1) is 22.8.